The van der Waals surface area contributed by atoms with Crippen molar-refractivity contribution in [2.45, 2.75) is 66.5 Å². The largest absolute Gasteiger partial charge is 0.302 e. The normalized spacial score (nSPS) is 18.8. The molecule has 4 nitrogen and oxygen atoms in total. The van der Waals surface area contributed by atoms with Crippen molar-refractivity contribution in [3.63, 3.8) is 0 Å². The molecule has 232 valence electrons. The Morgan fingerprint density at radius 1 is 0.622 bits per heavy atom. The summed E-state index contributed by atoms with van der Waals surface area (Å²) in [6.45, 7) is 21.1. The van der Waals surface area contributed by atoms with Crippen molar-refractivity contribution >= 4 is 23.0 Å². The lowest BCUT2D eigenvalue weighted by molar-refractivity contribution is 0.249. The number of hydrogen-bond donors (Lipinski definition) is 0. The molecule has 0 radical (unpaired) electrons. The highest BCUT2D eigenvalue weighted by atomic mass is 15.5. The van der Waals surface area contributed by atoms with E-state index in [9.17, 15) is 0 Å². The fourth-order valence-electron chi connectivity index (χ4n) is 6.52. The molecule has 0 saturated heterocycles. The van der Waals surface area contributed by atoms with Crippen LogP contribution in [0.3, 0.4) is 0 Å². The summed E-state index contributed by atoms with van der Waals surface area (Å²) >= 11 is 0. The van der Waals surface area contributed by atoms with Crippen LogP contribution < -0.4 is 9.80 Å². The lowest BCUT2D eigenvalue weighted by Gasteiger charge is -2.50. The molecule has 3 atom stereocenters. The van der Waals surface area contributed by atoms with Crippen molar-refractivity contribution in [2.75, 3.05) is 9.80 Å². The number of anilines is 4. The minimum atomic E-state index is 0.0113. The van der Waals surface area contributed by atoms with Gasteiger partial charge < -0.3 is 9.80 Å². The van der Waals surface area contributed by atoms with E-state index in [2.05, 4.69) is 147 Å². The van der Waals surface area contributed by atoms with E-state index in [0.717, 1.165) is 46.3 Å². The van der Waals surface area contributed by atoms with E-state index in [1.165, 1.54) is 11.3 Å². The Morgan fingerprint density at radius 3 is 1.53 bits per heavy atom. The highest BCUT2D eigenvalue weighted by Crippen LogP contribution is 2.58. The van der Waals surface area contributed by atoms with E-state index >= 15 is 0 Å². The number of aromatic nitrogens is 2. The first-order valence-electron chi connectivity index (χ1n) is 16.4. The van der Waals surface area contributed by atoms with E-state index < -0.39 is 0 Å². The highest BCUT2D eigenvalue weighted by molar-refractivity contribution is 5.90. The third-order valence-corrected chi connectivity index (χ3v) is 8.94. The standard InChI is InChI=1S/C35H32N4.2C2H6.C2H4/c1-4-35(3)24(2)34-38(27-20-12-7-13-21-27)32-33(39(34)29-23-15-14-22-28(29)35)37-31(26-18-10-6-11-19-26)30(36-32)25-16-8-5-9-17-25;3*1-2/h5-24,34H,4H2,1-3H3;2*1-2H3;1-2H2. The van der Waals surface area contributed by atoms with Gasteiger partial charge in [0.1, 0.15) is 6.17 Å². The number of rotatable bonds is 4. The first-order chi connectivity index (χ1) is 22.1. The van der Waals surface area contributed by atoms with Crippen molar-refractivity contribution in [3.8, 4) is 22.5 Å². The van der Waals surface area contributed by atoms with Crippen LogP contribution in [0.5, 0.6) is 0 Å². The van der Waals surface area contributed by atoms with Gasteiger partial charge in [-0.3, -0.25) is 0 Å². The van der Waals surface area contributed by atoms with Gasteiger partial charge >= 0.3 is 0 Å². The van der Waals surface area contributed by atoms with Gasteiger partial charge in [0.2, 0.25) is 0 Å². The van der Waals surface area contributed by atoms with Gasteiger partial charge in [0.15, 0.2) is 11.6 Å². The highest BCUT2D eigenvalue weighted by Gasteiger charge is 2.53. The molecule has 0 saturated carbocycles. The third kappa shape index (κ3) is 5.78. The monoisotopic (exact) mass is 596 g/mol. The van der Waals surface area contributed by atoms with E-state index in [1.54, 1.807) is 0 Å². The van der Waals surface area contributed by atoms with Crippen LogP contribution in [0.2, 0.25) is 0 Å². The summed E-state index contributed by atoms with van der Waals surface area (Å²) in [6.07, 6.45) is 1.11. The molecule has 0 amide bonds. The molecule has 3 heterocycles. The number of para-hydroxylation sites is 2. The summed E-state index contributed by atoms with van der Waals surface area (Å²) in [6, 6.07) is 40.5. The molecule has 0 N–H and O–H groups in total. The number of nitrogens with zero attached hydrogens (tertiary/aromatic N) is 4. The van der Waals surface area contributed by atoms with E-state index in [0.29, 0.717) is 5.92 Å². The Bertz CT molecular complexity index is 1650. The lowest BCUT2D eigenvalue weighted by atomic mass is 9.66. The molecule has 0 spiro atoms. The molecule has 3 unspecified atom stereocenters. The molecular weight excluding hydrogens is 548 g/mol. The van der Waals surface area contributed by atoms with Crippen molar-refractivity contribution in [3.05, 3.63) is 134 Å². The van der Waals surface area contributed by atoms with Crippen LogP contribution in [0.1, 0.15) is 60.5 Å². The van der Waals surface area contributed by atoms with Crippen LogP contribution in [0.4, 0.5) is 23.0 Å². The topological polar surface area (TPSA) is 32.3 Å². The van der Waals surface area contributed by atoms with Gasteiger partial charge in [0, 0.05) is 33.8 Å². The second-order valence-electron chi connectivity index (χ2n) is 10.9. The van der Waals surface area contributed by atoms with E-state index in [-0.39, 0.29) is 11.6 Å². The van der Waals surface area contributed by atoms with Crippen molar-refractivity contribution in [1.82, 2.24) is 9.97 Å². The minimum Gasteiger partial charge on any atom is -0.302 e. The molecule has 0 bridgehead atoms. The fourth-order valence-corrected chi connectivity index (χ4v) is 6.52. The zero-order valence-electron chi connectivity index (χ0n) is 28.0. The van der Waals surface area contributed by atoms with Gasteiger partial charge in [0.05, 0.1) is 11.4 Å². The van der Waals surface area contributed by atoms with Crippen molar-refractivity contribution in [1.29, 1.82) is 0 Å². The molecule has 0 fully saturated rings. The maximum atomic E-state index is 5.49. The molecule has 1 aromatic heterocycles. The summed E-state index contributed by atoms with van der Waals surface area (Å²) in [7, 11) is 0. The summed E-state index contributed by atoms with van der Waals surface area (Å²) in [5.74, 6) is 2.14. The smallest absolute Gasteiger partial charge is 0.179 e. The third-order valence-electron chi connectivity index (χ3n) is 8.94. The average Bonchev–Trinajstić information content (AvgIpc) is 3.48. The number of fused-ring (bicyclic) bond motifs is 5. The lowest BCUT2D eigenvalue weighted by Crippen LogP contribution is -2.54. The molecule has 4 heteroatoms. The fraction of sp³-hybridized carbons (Fsp3) is 0.268. The van der Waals surface area contributed by atoms with Gasteiger partial charge in [-0.25, -0.2) is 9.97 Å². The van der Waals surface area contributed by atoms with Gasteiger partial charge in [-0.2, -0.15) is 0 Å². The Labute approximate surface area is 271 Å². The van der Waals surface area contributed by atoms with Crippen molar-refractivity contribution in [2.24, 2.45) is 5.92 Å². The van der Waals surface area contributed by atoms with Gasteiger partial charge in [-0.1, -0.05) is 146 Å². The molecule has 5 aromatic rings. The van der Waals surface area contributed by atoms with Crippen LogP contribution in [0.15, 0.2) is 128 Å². The summed E-state index contributed by atoms with van der Waals surface area (Å²) in [5.41, 5.74) is 7.70. The molecule has 2 aliphatic rings. The number of benzene rings is 4. The van der Waals surface area contributed by atoms with Crippen LogP contribution >= 0.6 is 0 Å². The maximum Gasteiger partial charge on any atom is 0.179 e. The second kappa shape index (κ2) is 14.9. The Hall–Kier alpha value is -4.70. The first-order valence-corrected chi connectivity index (χ1v) is 16.4. The van der Waals surface area contributed by atoms with Gasteiger partial charge in [0.25, 0.3) is 0 Å². The average molecular weight is 597 g/mol. The summed E-state index contributed by atoms with van der Waals surface area (Å²) in [4.78, 5) is 15.9. The molecule has 0 aliphatic carbocycles. The minimum absolute atomic E-state index is 0.0113. The molecule has 7 rings (SSSR count). The number of hydrogen-bond acceptors (Lipinski definition) is 4. The molecule has 4 aromatic carbocycles. The van der Waals surface area contributed by atoms with Gasteiger partial charge in [-0.15, -0.1) is 13.2 Å². The Balaban J connectivity index is 0.000000727. The summed E-state index contributed by atoms with van der Waals surface area (Å²) in [5, 5.41) is 0. The second-order valence-corrected chi connectivity index (χ2v) is 10.9. The van der Waals surface area contributed by atoms with E-state index in [1.807, 2.05) is 39.8 Å². The SMILES string of the molecule is C=C.CC.CC.CCC1(C)c2ccccc2N2c3nc(-c4ccccc4)c(-c4ccccc4)nc3N(c3ccccc3)C2C1C. The van der Waals surface area contributed by atoms with Crippen LogP contribution in [-0.4, -0.2) is 16.1 Å². The molecule has 2 aliphatic heterocycles. The van der Waals surface area contributed by atoms with Crippen molar-refractivity contribution < 1.29 is 0 Å². The Kier molecular flexibility index (Phi) is 11.0. The van der Waals surface area contributed by atoms with Crippen LogP contribution in [0.25, 0.3) is 22.5 Å². The quantitative estimate of drug-likeness (QED) is 0.193. The first kappa shape index (κ1) is 33.2. The molecular formula is C41H48N4. The van der Waals surface area contributed by atoms with Gasteiger partial charge in [-0.05, 0) is 30.2 Å². The maximum absolute atomic E-state index is 5.49. The van der Waals surface area contributed by atoms with E-state index in [4.69, 9.17) is 9.97 Å². The van der Waals surface area contributed by atoms with Crippen LogP contribution in [0, 0.1) is 5.92 Å². The Morgan fingerprint density at radius 2 is 1.04 bits per heavy atom. The predicted molar refractivity (Wildman–Crippen MR) is 195 cm³/mol. The predicted octanol–water partition coefficient (Wildman–Crippen LogP) is 11.6. The zero-order valence-corrected chi connectivity index (χ0v) is 28.0. The zero-order chi connectivity index (χ0) is 32.6. The molecule has 45 heavy (non-hydrogen) atoms. The summed E-state index contributed by atoms with van der Waals surface area (Å²) < 4.78 is 0. The van der Waals surface area contributed by atoms with Crippen LogP contribution in [-0.2, 0) is 5.41 Å².